The van der Waals surface area contributed by atoms with Gasteiger partial charge in [0.25, 0.3) is 0 Å². The summed E-state index contributed by atoms with van der Waals surface area (Å²) in [6.07, 6.45) is 135. The summed E-state index contributed by atoms with van der Waals surface area (Å²) in [6.45, 7) is 4.62. The van der Waals surface area contributed by atoms with Crippen LogP contribution in [0, 0.1) is 0 Å². The zero-order valence-corrected chi connectivity index (χ0v) is 82.1. The largest absolute Gasteiger partial charge is 2.00 e. The van der Waals surface area contributed by atoms with Crippen LogP contribution in [0.25, 0.3) is 0 Å². The molecule has 0 aliphatic carbocycles. The minimum absolute atomic E-state index is 0. The maximum Gasteiger partial charge on any atom is 2.00 e. The molecular formula is C108H202MgO6S2. The molecule has 0 radical (unpaired) electrons. The van der Waals surface area contributed by atoms with Gasteiger partial charge in [0, 0.05) is 0 Å². The molecular weight excluding hydrogens is 1480 g/mol. The Morgan fingerprint density at radius 2 is 0.239 bits per heavy atom. The predicted molar refractivity (Wildman–Crippen MR) is 518 cm³/mol. The summed E-state index contributed by atoms with van der Waals surface area (Å²) in [6, 6.07) is 12.8. The maximum absolute atomic E-state index is 11.0. The van der Waals surface area contributed by atoms with Gasteiger partial charge in [-0.1, -0.05) is 616 Å². The number of aryl methyl sites for hydroxylation is 2. The van der Waals surface area contributed by atoms with Gasteiger partial charge in [0.1, 0.15) is 20.2 Å². The van der Waals surface area contributed by atoms with Gasteiger partial charge in [-0.05, 0) is 61.1 Å². The molecule has 0 fully saturated rings. The van der Waals surface area contributed by atoms with Crippen LogP contribution in [0.2, 0.25) is 0 Å². The van der Waals surface area contributed by atoms with Crippen molar-refractivity contribution in [3.05, 3.63) is 59.7 Å². The number of unbranched alkanes of at least 4 members (excludes halogenated alkanes) is 90. The van der Waals surface area contributed by atoms with Crippen LogP contribution in [0.1, 0.15) is 616 Å². The van der Waals surface area contributed by atoms with Gasteiger partial charge in [-0.15, -0.1) is 0 Å². The molecule has 0 aliphatic heterocycles. The molecule has 117 heavy (non-hydrogen) atoms. The van der Waals surface area contributed by atoms with E-state index in [0.717, 1.165) is 36.8 Å². The standard InChI is InChI=1S/2C54H102O3S.Mg/c2*1-2-3-4-5-6-7-8-9-10-11-12-13-14-15-16-17-18-19-20-21-22-23-24-25-26-27-28-29-30-31-32-33-34-35-36-37-38-39-40-41-42-43-44-45-46-47-48-53-49-51-54(52-50-53)58(55,56)57;/h2*49-52H,2-48H2,1H3,(H,55,56,57);/q;;+2/p-2. The monoisotopic (exact) mass is 1680 g/mol. The fourth-order valence-corrected chi connectivity index (χ4v) is 18.9. The van der Waals surface area contributed by atoms with E-state index in [1.807, 2.05) is 0 Å². The van der Waals surface area contributed by atoms with Crippen LogP contribution in [0.5, 0.6) is 0 Å². The first kappa shape index (κ1) is 116. The Balaban J connectivity index is 0.00000228. The van der Waals surface area contributed by atoms with E-state index in [4.69, 9.17) is 0 Å². The van der Waals surface area contributed by atoms with Gasteiger partial charge in [-0.25, -0.2) is 16.8 Å². The van der Waals surface area contributed by atoms with E-state index in [9.17, 15) is 25.9 Å². The number of benzene rings is 2. The van der Waals surface area contributed by atoms with E-state index in [0.29, 0.717) is 0 Å². The third-order valence-corrected chi connectivity index (χ3v) is 27.8. The third-order valence-electron chi connectivity index (χ3n) is 26.1. The van der Waals surface area contributed by atoms with E-state index >= 15 is 0 Å². The summed E-state index contributed by atoms with van der Waals surface area (Å²) in [5, 5.41) is 0. The molecule has 2 rings (SSSR count). The summed E-state index contributed by atoms with van der Waals surface area (Å²) in [5.41, 5.74) is 2.23. The molecule has 0 aliphatic rings. The zero-order chi connectivity index (χ0) is 83.4. The molecule has 2 aromatic carbocycles. The summed E-state index contributed by atoms with van der Waals surface area (Å²) in [4.78, 5) is -0.262. The Morgan fingerprint density at radius 1 is 0.154 bits per heavy atom. The van der Waals surface area contributed by atoms with E-state index in [1.54, 1.807) is 24.3 Å². The third kappa shape index (κ3) is 91.1. The molecule has 0 saturated heterocycles. The second-order valence-corrected chi connectivity index (χ2v) is 40.3. The van der Waals surface area contributed by atoms with Crippen molar-refractivity contribution in [2.24, 2.45) is 0 Å². The van der Waals surface area contributed by atoms with Crippen LogP contribution in [-0.2, 0) is 33.1 Å². The zero-order valence-electron chi connectivity index (χ0n) is 79.1. The van der Waals surface area contributed by atoms with Gasteiger partial charge >= 0.3 is 23.1 Å². The van der Waals surface area contributed by atoms with Crippen molar-refractivity contribution in [2.45, 2.75) is 627 Å². The molecule has 0 bridgehead atoms. The molecule has 0 N–H and O–H groups in total. The SMILES string of the molecule is CCCCCCCCCCCCCCCCCCCCCCCCCCCCCCCCCCCCCCCCCCCCCCCCc1ccc(S(=O)(=O)[O-])cc1.CCCCCCCCCCCCCCCCCCCCCCCCCCCCCCCCCCCCCCCCCCCCCCCCc1ccc(S(=O)(=O)[O-])cc1.[Mg+2]. The minimum atomic E-state index is -4.33. The van der Waals surface area contributed by atoms with Crippen LogP contribution in [0.4, 0.5) is 0 Å². The first-order chi connectivity index (χ1) is 57.1. The van der Waals surface area contributed by atoms with Crippen molar-refractivity contribution in [3.63, 3.8) is 0 Å². The average Bonchev–Trinajstić information content (AvgIpc) is 0.867. The molecule has 0 spiro atoms. The van der Waals surface area contributed by atoms with Crippen LogP contribution >= 0.6 is 0 Å². The number of hydrogen-bond acceptors (Lipinski definition) is 6. The van der Waals surface area contributed by atoms with Crippen LogP contribution in [-0.4, -0.2) is 49.0 Å². The number of hydrogen-bond donors (Lipinski definition) is 0. The van der Waals surface area contributed by atoms with Gasteiger partial charge in [0.2, 0.25) is 0 Å². The second kappa shape index (κ2) is 95.7. The van der Waals surface area contributed by atoms with Crippen molar-refractivity contribution in [3.8, 4) is 0 Å². The Bertz CT molecular complexity index is 2250. The van der Waals surface area contributed by atoms with Crippen molar-refractivity contribution in [1.29, 1.82) is 0 Å². The van der Waals surface area contributed by atoms with Gasteiger partial charge < -0.3 is 9.11 Å². The molecule has 6 nitrogen and oxygen atoms in total. The van der Waals surface area contributed by atoms with Crippen LogP contribution in [0.15, 0.2) is 58.3 Å². The van der Waals surface area contributed by atoms with Gasteiger partial charge in [0.15, 0.2) is 0 Å². The topological polar surface area (TPSA) is 114 Å². The predicted octanol–water partition coefficient (Wildman–Crippen LogP) is 37.8. The van der Waals surface area contributed by atoms with E-state index in [1.165, 1.54) is 602 Å². The molecule has 0 aromatic heterocycles. The van der Waals surface area contributed by atoms with Gasteiger partial charge in [0.05, 0.1) is 9.79 Å². The molecule has 0 unspecified atom stereocenters. The summed E-state index contributed by atoms with van der Waals surface area (Å²) in [5.74, 6) is 0. The smallest absolute Gasteiger partial charge is 0.744 e. The molecule has 2 aromatic rings. The fraction of sp³-hybridized carbons (Fsp3) is 0.889. The van der Waals surface area contributed by atoms with Crippen molar-refractivity contribution < 1.29 is 25.9 Å². The molecule has 9 heteroatoms. The summed E-state index contributed by atoms with van der Waals surface area (Å²) >= 11 is 0. The molecule has 0 atom stereocenters. The van der Waals surface area contributed by atoms with Crippen LogP contribution in [0.3, 0.4) is 0 Å². The molecule has 0 amide bonds. The van der Waals surface area contributed by atoms with E-state index < -0.39 is 20.2 Å². The van der Waals surface area contributed by atoms with E-state index in [-0.39, 0.29) is 32.8 Å². The number of rotatable bonds is 96. The average molecular weight is 1690 g/mol. The minimum Gasteiger partial charge on any atom is -0.744 e. The normalized spacial score (nSPS) is 11.8. The quantitative estimate of drug-likeness (QED) is 0.0370. The van der Waals surface area contributed by atoms with Gasteiger partial charge in [-0.3, -0.25) is 0 Å². The van der Waals surface area contributed by atoms with Crippen LogP contribution < -0.4 is 0 Å². The Kier molecular flexibility index (Phi) is 94.9. The first-order valence-electron chi connectivity index (χ1n) is 53.2. The molecule has 0 heterocycles. The summed E-state index contributed by atoms with van der Waals surface area (Å²) < 4.78 is 66.2. The van der Waals surface area contributed by atoms with E-state index in [2.05, 4.69) is 13.8 Å². The van der Waals surface area contributed by atoms with Crippen molar-refractivity contribution in [2.75, 3.05) is 0 Å². The Labute approximate surface area is 750 Å². The molecule has 684 valence electrons. The Morgan fingerprint density at radius 3 is 0.325 bits per heavy atom. The summed E-state index contributed by atoms with van der Waals surface area (Å²) in [7, 11) is -8.67. The van der Waals surface area contributed by atoms with Gasteiger partial charge in [-0.2, -0.15) is 0 Å². The second-order valence-electron chi connectivity index (χ2n) is 37.5. The fourth-order valence-electron chi connectivity index (χ4n) is 18.0. The van der Waals surface area contributed by atoms with Crippen molar-refractivity contribution >= 4 is 43.3 Å². The molecule has 0 saturated carbocycles. The Hall–Kier alpha value is -0.974. The maximum atomic E-state index is 11.0. The first-order valence-corrected chi connectivity index (χ1v) is 56.0. The van der Waals surface area contributed by atoms with Crippen molar-refractivity contribution in [1.82, 2.24) is 0 Å².